The van der Waals surface area contributed by atoms with Crippen molar-refractivity contribution in [2.45, 2.75) is 26.7 Å². The van der Waals surface area contributed by atoms with E-state index in [0.29, 0.717) is 24.2 Å². The largest absolute Gasteiger partial charge is 0.399 e. The van der Waals surface area contributed by atoms with E-state index >= 15 is 0 Å². The average Bonchev–Trinajstić information content (AvgIpc) is 2.21. The third kappa shape index (κ3) is 2.16. The van der Waals surface area contributed by atoms with Gasteiger partial charge in [-0.2, -0.15) is 0 Å². The van der Waals surface area contributed by atoms with E-state index in [4.69, 9.17) is 5.73 Å². The Morgan fingerprint density at radius 2 is 1.82 bits per heavy atom. The number of nitrogen functional groups attached to an aromatic ring is 1. The number of amides is 2. The molecule has 0 bridgehead atoms. The second-order valence-electron chi connectivity index (χ2n) is 4.68. The topological polar surface area (TPSA) is 63.4 Å². The molecule has 1 aromatic carbocycles. The van der Waals surface area contributed by atoms with Crippen molar-refractivity contribution in [2.24, 2.45) is 5.92 Å². The van der Waals surface area contributed by atoms with E-state index < -0.39 is 0 Å². The molecule has 17 heavy (non-hydrogen) atoms. The van der Waals surface area contributed by atoms with Crippen molar-refractivity contribution >= 4 is 23.2 Å². The Bertz CT molecular complexity index is 464. The maximum atomic E-state index is 11.9. The maximum absolute atomic E-state index is 11.9. The highest BCUT2D eigenvalue weighted by Gasteiger charge is 2.32. The number of rotatable bonds is 1. The van der Waals surface area contributed by atoms with Crippen LogP contribution in [-0.2, 0) is 9.59 Å². The van der Waals surface area contributed by atoms with E-state index in [1.54, 1.807) is 12.1 Å². The zero-order chi connectivity index (χ0) is 12.6. The molecule has 1 aromatic rings. The summed E-state index contributed by atoms with van der Waals surface area (Å²) in [6.45, 7) is 3.78. The molecule has 4 heteroatoms. The van der Waals surface area contributed by atoms with Gasteiger partial charge in [-0.3, -0.25) is 14.5 Å². The number of anilines is 2. The molecule has 90 valence electrons. The molecule has 0 spiro atoms. The van der Waals surface area contributed by atoms with Crippen LogP contribution in [-0.4, -0.2) is 11.8 Å². The maximum Gasteiger partial charge on any atom is 0.234 e. The van der Waals surface area contributed by atoms with Gasteiger partial charge in [0.25, 0.3) is 0 Å². The minimum absolute atomic E-state index is 0.132. The molecular formula is C13H16N2O2. The minimum atomic E-state index is -0.137. The summed E-state index contributed by atoms with van der Waals surface area (Å²) in [7, 11) is 0. The first-order valence-corrected chi connectivity index (χ1v) is 5.71. The fourth-order valence-electron chi connectivity index (χ4n) is 2.13. The summed E-state index contributed by atoms with van der Waals surface area (Å²) in [6.07, 6.45) is 0.833. The molecule has 1 aliphatic heterocycles. The van der Waals surface area contributed by atoms with Gasteiger partial charge in [0, 0.05) is 18.5 Å². The monoisotopic (exact) mass is 232 g/mol. The molecule has 0 unspecified atom stereocenters. The number of hydrogen-bond acceptors (Lipinski definition) is 3. The quantitative estimate of drug-likeness (QED) is 0.594. The first-order valence-electron chi connectivity index (χ1n) is 5.71. The van der Waals surface area contributed by atoms with Crippen LogP contribution in [0, 0.1) is 12.8 Å². The molecule has 2 rings (SSSR count). The average molecular weight is 232 g/mol. The zero-order valence-corrected chi connectivity index (χ0v) is 10.1. The van der Waals surface area contributed by atoms with Crippen molar-refractivity contribution in [3.63, 3.8) is 0 Å². The smallest absolute Gasteiger partial charge is 0.234 e. The second kappa shape index (κ2) is 4.20. The predicted molar refractivity (Wildman–Crippen MR) is 66.5 cm³/mol. The molecule has 1 fully saturated rings. The summed E-state index contributed by atoms with van der Waals surface area (Å²) in [5.41, 5.74) is 7.77. The molecule has 2 amide bonds. The standard InChI is InChI=1S/C13H16N2O2/c1-8-5-12(16)15(13(17)6-8)11-7-10(14)4-3-9(11)2/h3-4,7-8H,5-6,14H2,1-2H3. The van der Waals surface area contributed by atoms with Crippen LogP contribution in [0.3, 0.4) is 0 Å². The Hall–Kier alpha value is -1.84. The van der Waals surface area contributed by atoms with Gasteiger partial charge in [-0.25, -0.2) is 0 Å². The van der Waals surface area contributed by atoms with E-state index in [2.05, 4.69) is 0 Å². The Balaban J connectivity index is 2.41. The molecular weight excluding hydrogens is 216 g/mol. The van der Waals surface area contributed by atoms with Gasteiger partial charge in [-0.15, -0.1) is 0 Å². The first kappa shape index (κ1) is 11.6. The van der Waals surface area contributed by atoms with E-state index in [1.165, 1.54) is 4.90 Å². The number of benzene rings is 1. The van der Waals surface area contributed by atoms with Crippen molar-refractivity contribution in [1.29, 1.82) is 0 Å². The number of aryl methyl sites for hydroxylation is 1. The van der Waals surface area contributed by atoms with Crippen LogP contribution in [0.2, 0.25) is 0 Å². The first-order chi connectivity index (χ1) is 7.99. The summed E-state index contributed by atoms with van der Waals surface area (Å²) in [4.78, 5) is 25.2. The fraction of sp³-hybridized carbons (Fsp3) is 0.385. The number of piperidine rings is 1. The number of nitrogens with two attached hydrogens (primary N) is 1. The summed E-state index contributed by atoms with van der Waals surface area (Å²) in [5, 5.41) is 0. The number of carbonyl (C=O) groups is 2. The lowest BCUT2D eigenvalue weighted by atomic mass is 9.96. The second-order valence-corrected chi connectivity index (χ2v) is 4.68. The van der Waals surface area contributed by atoms with E-state index in [1.807, 2.05) is 19.9 Å². The molecule has 4 nitrogen and oxygen atoms in total. The van der Waals surface area contributed by atoms with E-state index in [0.717, 1.165) is 5.56 Å². The zero-order valence-electron chi connectivity index (χ0n) is 10.1. The van der Waals surface area contributed by atoms with E-state index in [-0.39, 0.29) is 17.7 Å². The lowest BCUT2D eigenvalue weighted by molar-refractivity contribution is -0.130. The van der Waals surface area contributed by atoms with Gasteiger partial charge >= 0.3 is 0 Å². The SMILES string of the molecule is Cc1ccc(N)cc1N1C(=O)CC(C)CC1=O. The summed E-state index contributed by atoms with van der Waals surface area (Å²) in [6, 6.07) is 5.27. The predicted octanol–water partition coefficient (Wildman–Crippen LogP) is 1.87. The van der Waals surface area contributed by atoms with Gasteiger partial charge < -0.3 is 5.73 Å². The molecule has 0 atom stereocenters. The fourth-order valence-corrected chi connectivity index (χ4v) is 2.13. The third-order valence-electron chi connectivity index (χ3n) is 3.02. The number of imide groups is 1. The van der Waals surface area contributed by atoms with Gasteiger partial charge in [0.05, 0.1) is 5.69 Å². The molecule has 1 heterocycles. The van der Waals surface area contributed by atoms with E-state index in [9.17, 15) is 9.59 Å². The van der Waals surface area contributed by atoms with Crippen LogP contribution in [0.5, 0.6) is 0 Å². The van der Waals surface area contributed by atoms with Gasteiger partial charge in [0.2, 0.25) is 11.8 Å². The van der Waals surface area contributed by atoms with Gasteiger partial charge in [0.1, 0.15) is 0 Å². The van der Waals surface area contributed by atoms with Crippen molar-refractivity contribution in [2.75, 3.05) is 10.6 Å². The van der Waals surface area contributed by atoms with Gasteiger partial charge in [-0.05, 0) is 30.5 Å². The summed E-state index contributed by atoms with van der Waals surface area (Å²) < 4.78 is 0. The third-order valence-corrected chi connectivity index (χ3v) is 3.02. The van der Waals surface area contributed by atoms with Gasteiger partial charge in [0.15, 0.2) is 0 Å². The number of nitrogens with zero attached hydrogens (tertiary/aromatic N) is 1. The lowest BCUT2D eigenvalue weighted by Gasteiger charge is -2.29. The van der Waals surface area contributed by atoms with Gasteiger partial charge in [-0.1, -0.05) is 13.0 Å². The summed E-state index contributed by atoms with van der Waals surface area (Å²) in [5.74, 6) is -0.141. The van der Waals surface area contributed by atoms with Crippen LogP contribution in [0.1, 0.15) is 25.3 Å². The Morgan fingerprint density at radius 3 is 2.41 bits per heavy atom. The number of hydrogen-bond donors (Lipinski definition) is 1. The molecule has 1 aliphatic rings. The highest BCUT2D eigenvalue weighted by Crippen LogP contribution is 2.29. The molecule has 2 N–H and O–H groups in total. The van der Waals surface area contributed by atoms with Crippen LogP contribution < -0.4 is 10.6 Å². The molecule has 0 aromatic heterocycles. The molecule has 1 saturated heterocycles. The van der Waals surface area contributed by atoms with Crippen LogP contribution >= 0.6 is 0 Å². The van der Waals surface area contributed by atoms with Crippen LogP contribution in [0.15, 0.2) is 18.2 Å². The van der Waals surface area contributed by atoms with Crippen molar-refractivity contribution in [1.82, 2.24) is 0 Å². The van der Waals surface area contributed by atoms with Crippen LogP contribution in [0.25, 0.3) is 0 Å². The molecule has 0 radical (unpaired) electrons. The normalized spacial score (nSPS) is 17.6. The minimum Gasteiger partial charge on any atom is -0.399 e. The molecule has 0 saturated carbocycles. The number of carbonyl (C=O) groups excluding carboxylic acids is 2. The Labute approximate surface area is 100 Å². The van der Waals surface area contributed by atoms with Crippen molar-refractivity contribution in [3.05, 3.63) is 23.8 Å². The highest BCUT2D eigenvalue weighted by molar-refractivity contribution is 6.17. The lowest BCUT2D eigenvalue weighted by Crippen LogP contribution is -2.43. The Kier molecular flexibility index (Phi) is 2.88. The Morgan fingerprint density at radius 1 is 1.24 bits per heavy atom. The van der Waals surface area contributed by atoms with Crippen molar-refractivity contribution in [3.8, 4) is 0 Å². The summed E-state index contributed by atoms with van der Waals surface area (Å²) >= 11 is 0. The van der Waals surface area contributed by atoms with Crippen molar-refractivity contribution < 1.29 is 9.59 Å². The van der Waals surface area contributed by atoms with Crippen LogP contribution in [0.4, 0.5) is 11.4 Å². The molecule has 0 aliphatic carbocycles. The highest BCUT2D eigenvalue weighted by atomic mass is 16.2.